The largest absolute Gasteiger partial charge is 0.463 e. The van der Waals surface area contributed by atoms with Gasteiger partial charge in [0.05, 0.1) is 5.56 Å². The van der Waals surface area contributed by atoms with Gasteiger partial charge >= 0.3 is 12.3 Å². The molecule has 0 spiro atoms. The third-order valence-corrected chi connectivity index (χ3v) is 1.44. The Morgan fingerprint density at radius 3 is 2.20 bits per heavy atom. The van der Waals surface area contributed by atoms with Crippen LogP contribution in [0.3, 0.4) is 0 Å². The summed E-state index contributed by atoms with van der Waals surface area (Å²) in [5.41, 5.74) is 0.727. The van der Waals surface area contributed by atoms with Gasteiger partial charge in [-0.25, -0.2) is 4.79 Å². The van der Waals surface area contributed by atoms with Crippen LogP contribution in [0, 0.1) is 0 Å². The highest BCUT2D eigenvalue weighted by molar-refractivity contribution is 5.63. The third-order valence-electron chi connectivity index (χ3n) is 1.44. The van der Waals surface area contributed by atoms with Crippen LogP contribution < -0.4 is 10.3 Å². The van der Waals surface area contributed by atoms with Crippen molar-refractivity contribution < 1.29 is 27.9 Å². The van der Waals surface area contributed by atoms with Gasteiger partial charge in [-0.1, -0.05) is 0 Å². The number of hydrogen-bond donors (Lipinski definition) is 2. The molecule has 0 aliphatic carbocycles. The molecule has 0 unspecified atom stereocenters. The molecule has 0 bridgehead atoms. The number of amides is 1. The molecule has 0 radical (unpaired) electrons. The van der Waals surface area contributed by atoms with Gasteiger partial charge in [-0.2, -0.15) is 18.7 Å². The van der Waals surface area contributed by atoms with Crippen molar-refractivity contribution in [2.24, 2.45) is 0 Å². The molecule has 7 heteroatoms. The van der Waals surface area contributed by atoms with Crippen LogP contribution in [0.2, 0.25) is 0 Å². The monoisotopic (exact) mass is 221 g/mol. The number of alkyl halides is 3. The lowest BCUT2D eigenvalue weighted by Crippen LogP contribution is -2.24. The van der Waals surface area contributed by atoms with Crippen molar-refractivity contribution in [3.63, 3.8) is 0 Å². The van der Waals surface area contributed by atoms with Crippen molar-refractivity contribution in [1.82, 2.24) is 5.48 Å². The molecule has 0 atom stereocenters. The van der Waals surface area contributed by atoms with Crippen LogP contribution in [0.25, 0.3) is 0 Å². The summed E-state index contributed by atoms with van der Waals surface area (Å²) < 4.78 is 36.2. The smallest absolute Gasteiger partial charge is 0.438 e. The molecule has 0 aromatic heterocycles. The zero-order valence-corrected chi connectivity index (χ0v) is 7.21. The fraction of sp³-hybridized carbons (Fsp3) is 0.125. The molecule has 4 nitrogen and oxygen atoms in total. The molecule has 0 aliphatic heterocycles. The number of carboxylic acid groups (broad SMARTS) is 1. The second-order valence-corrected chi connectivity index (χ2v) is 2.53. The van der Waals surface area contributed by atoms with Gasteiger partial charge in [0.2, 0.25) is 0 Å². The predicted molar refractivity (Wildman–Crippen MR) is 43.2 cm³/mol. The summed E-state index contributed by atoms with van der Waals surface area (Å²) >= 11 is 0. The topological polar surface area (TPSA) is 58.6 Å². The Balaban J connectivity index is 2.69. The second-order valence-electron chi connectivity index (χ2n) is 2.53. The van der Waals surface area contributed by atoms with Crippen molar-refractivity contribution in [1.29, 1.82) is 0 Å². The van der Waals surface area contributed by atoms with E-state index < -0.39 is 17.8 Å². The average molecular weight is 221 g/mol. The fourth-order valence-corrected chi connectivity index (χ4v) is 0.815. The van der Waals surface area contributed by atoms with E-state index in [1.165, 1.54) is 0 Å². The van der Waals surface area contributed by atoms with Crippen molar-refractivity contribution in [2.45, 2.75) is 6.18 Å². The van der Waals surface area contributed by atoms with Gasteiger partial charge in [-0.3, -0.25) is 0 Å². The molecular weight excluding hydrogens is 215 g/mol. The SMILES string of the molecule is O=C(O)NOc1ccc(C(F)(F)F)cc1. The average Bonchev–Trinajstić information content (AvgIpc) is 2.14. The van der Waals surface area contributed by atoms with E-state index in [4.69, 9.17) is 5.11 Å². The fourth-order valence-electron chi connectivity index (χ4n) is 0.815. The van der Waals surface area contributed by atoms with E-state index >= 15 is 0 Å². The van der Waals surface area contributed by atoms with Crippen molar-refractivity contribution >= 4 is 6.09 Å². The normalized spacial score (nSPS) is 10.9. The molecule has 1 aromatic rings. The third kappa shape index (κ3) is 3.37. The molecular formula is C8H6F3NO3. The number of benzene rings is 1. The Labute approximate surface area is 82.2 Å². The van der Waals surface area contributed by atoms with Gasteiger partial charge in [-0.15, -0.1) is 0 Å². The Kier molecular flexibility index (Phi) is 3.03. The number of nitrogens with one attached hydrogen (secondary N) is 1. The van der Waals surface area contributed by atoms with E-state index in [2.05, 4.69) is 4.84 Å². The lowest BCUT2D eigenvalue weighted by molar-refractivity contribution is -0.137. The molecule has 1 amide bonds. The summed E-state index contributed by atoms with van der Waals surface area (Å²) in [7, 11) is 0. The maximum Gasteiger partial charge on any atom is 0.438 e. The van der Waals surface area contributed by atoms with Gasteiger partial charge < -0.3 is 9.94 Å². The minimum atomic E-state index is -4.42. The summed E-state index contributed by atoms with van der Waals surface area (Å²) in [6.07, 6.45) is -5.85. The summed E-state index contributed by atoms with van der Waals surface area (Å²) in [4.78, 5) is 14.4. The van der Waals surface area contributed by atoms with E-state index in [-0.39, 0.29) is 5.75 Å². The standard InChI is InChI=1S/C8H6F3NO3/c9-8(10,11)5-1-3-6(4-2-5)15-12-7(13)14/h1-4,12H,(H,13,14). The van der Waals surface area contributed by atoms with Crippen LogP contribution in [0.1, 0.15) is 5.56 Å². The first-order valence-corrected chi connectivity index (χ1v) is 3.72. The lowest BCUT2D eigenvalue weighted by Gasteiger charge is -2.07. The molecule has 2 N–H and O–H groups in total. The summed E-state index contributed by atoms with van der Waals surface area (Å²) in [6.45, 7) is 0. The molecule has 0 heterocycles. The summed E-state index contributed by atoms with van der Waals surface area (Å²) in [6, 6.07) is 3.61. The van der Waals surface area contributed by atoms with E-state index in [0.717, 1.165) is 24.3 Å². The summed E-state index contributed by atoms with van der Waals surface area (Å²) in [5, 5.41) is 8.14. The quantitative estimate of drug-likeness (QED) is 0.753. The molecule has 82 valence electrons. The molecule has 0 aliphatic rings. The summed E-state index contributed by atoms with van der Waals surface area (Å²) in [5.74, 6) is -0.0228. The van der Waals surface area contributed by atoms with Crippen molar-refractivity contribution in [3.05, 3.63) is 29.8 Å². The first-order valence-electron chi connectivity index (χ1n) is 3.72. The van der Waals surface area contributed by atoms with Crippen molar-refractivity contribution in [2.75, 3.05) is 0 Å². The van der Waals surface area contributed by atoms with Crippen LogP contribution >= 0.6 is 0 Å². The Bertz CT molecular complexity index is 347. The number of rotatable bonds is 2. The van der Waals surface area contributed by atoms with Gasteiger partial charge in [0.25, 0.3) is 0 Å². The van der Waals surface area contributed by atoms with E-state index in [1.807, 2.05) is 0 Å². The maximum absolute atomic E-state index is 12.1. The van der Waals surface area contributed by atoms with E-state index in [1.54, 1.807) is 5.48 Å². The second kappa shape index (κ2) is 4.07. The minimum Gasteiger partial charge on any atom is -0.463 e. The number of hydrogen-bond acceptors (Lipinski definition) is 2. The highest BCUT2D eigenvalue weighted by Crippen LogP contribution is 2.30. The van der Waals surface area contributed by atoms with Crippen LogP contribution in [0.5, 0.6) is 5.75 Å². The van der Waals surface area contributed by atoms with Crippen LogP contribution in [-0.4, -0.2) is 11.2 Å². The zero-order valence-electron chi connectivity index (χ0n) is 7.21. The molecule has 0 saturated heterocycles. The molecule has 15 heavy (non-hydrogen) atoms. The highest BCUT2D eigenvalue weighted by Gasteiger charge is 2.30. The molecule has 1 aromatic carbocycles. The predicted octanol–water partition coefficient (Wildman–Crippen LogP) is 2.27. The first kappa shape index (κ1) is 11.2. The van der Waals surface area contributed by atoms with E-state index in [0.29, 0.717) is 0 Å². The Morgan fingerprint density at radius 1 is 1.27 bits per heavy atom. The molecule has 1 rings (SSSR count). The van der Waals surface area contributed by atoms with Crippen LogP contribution in [0.4, 0.5) is 18.0 Å². The highest BCUT2D eigenvalue weighted by atomic mass is 19.4. The maximum atomic E-state index is 12.1. The number of hydroxylamine groups is 1. The van der Waals surface area contributed by atoms with Gasteiger partial charge in [0.1, 0.15) is 0 Å². The number of carbonyl (C=O) groups is 1. The van der Waals surface area contributed by atoms with Gasteiger partial charge in [0.15, 0.2) is 5.75 Å². The van der Waals surface area contributed by atoms with E-state index in [9.17, 15) is 18.0 Å². The molecule has 0 saturated carbocycles. The first-order chi connectivity index (χ1) is 6.89. The Morgan fingerprint density at radius 2 is 1.80 bits per heavy atom. The number of halogens is 3. The van der Waals surface area contributed by atoms with Crippen LogP contribution in [0.15, 0.2) is 24.3 Å². The lowest BCUT2D eigenvalue weighted by atomic mass is 10.2. The zero-order chi connectivity index (χ0) is 11.5. The van der Waals surface area contributed by atoms with Gasteiger partial charge in [0, 0.05) is 0 Å². The molecule has 0 fully saturated rings. The van der Waals surface area contributed by atoms with Crippen LogP contribution in [-0.2, 0) is 6.18 Å². The van der Waals surface area contributed by atoms with Gasteiger partial charge in [-0.05, 0) is 24.3 Å². The Hall–Kier alpha value is -1.92. The minimum absolute atomic E-state index is 0.0228. The van der Waals surface area contributed by atoms with Crippen molar-refractivity contribution in [3.8, 4) is 5.75 Å².